The molecule has 2 rings (SSSR count). The molecule has 0 bridgehead atoms. The first-order chi connectivity index (χ1) is 8.25. The molecule has 0 saturated heterocycles. The van der Waals surface area contributed by atoms with Gasteiger partial charge in [0.15, 0.2) is 0 Å². The third-order valence-corrected chi connectivity index (χ3v) is 2.81. The maximum absolute atomic E-state index is 7.32. The van der Waals surface area contributed by atoms with Gasteiger partial charge in [0.25, 0.3) is 0 Å². The van der Waals surface area contributed by atoms with Crippen molar-refractivity contribution in [3.8, 4) is 0 Å². The highest BCUT2D eigenvalue weighted by Gasteiger charge is 1.98. The van der Waals surface area contributed by atoms with Gasteiger partial charge >= 0.3 is 0 Å². The van der Waals surface area contributed by atoms with Gasteiger partial charge in [-0.1, -0.05) is 54.6 Å². The van der Waals surface area contributed by atoms with Gasteiger partial charge in [-0.3, -0.25) is 5.41 Å². The fourth-order valence-corrected chi connectivity index (χ4v) is 1.78. The van der Waals surface area contributed by atoms with Crippen LogP contribution < -0.4 is 5.73 Å². The molecule has 0 aliphatic rings. The van der Waals surface area contributed by atoms with Gasteiger partial charge in [0.2, 0.25) is 0 Å². The number of nitrogens with two attached hydrogens (primary N) is 1. The summed E-state index contributed by atoms with van der Waals surface area (Å²) in [5.41, 5.74) is 8.82. The molecule has 3 N–H and O–H groups in total. The molecule has 0 saturated carbocycles. The normalized spacial score (nSPS) is 10.1. The van der Waals surface area contributed by atoms with Gasteiger partial charge in [-0.15, -0.1) is 0 Å². The minimum Gasteiger partial charge on any atom is -0.384 e. The Morgan fingerprint density at radius 1 is 0.824 bits per heavy atom. The van der Waals surface area contributed by atoms with E-state index in [2.05, 4.69) is 24.3 Å². The van der Waals surface area contributed by atoms with Crippen molar-refractivity contribution in [3.63, 3.8) is 0 Å². The van der Waals surface area contributed by atoms with Crippen LogP contribution in [0.25, 0.3) is 0 Å². The molecule has 0 aliphatic heterocycles. The topological polar surface area (TPSA) is 49.9 Å². The van der Waals surface area contributed by atoms with Crippen LogP contribution in [0.4, 0.5) is 0 Å². The Hall–Kier alpha value is -2.09. The number of rotatable bonds is 4. The number of amidine groups is 1. The minimum absolute atomic E-state index is 0.125. The predicted molar refractivity (Wildman–Crippen MR) is 71.3 cm³/mol. The van der Waals surface area contributed by atoms with Crippen LogP contribution in [0.2, 0.25) is 0 Å². The minimum atomic E-state index is 0.125. The zero-order valence-electron chi connectivity index (χ0n) is 9.69. The van der Waals surface area contributed by atoms with Gasteiger partial charge in [0.1, 0.15) is 5.84 Å². The molecule has 0 fully saturated rings. The summed E-state index contributed by atoms with van der Waals surface area (Å²) in [6, 6.07) is 18.3. The quantitative estimate of drug-likeness (QED) is 0.609. The number of nitrogen functional groups attached to an aromatic ring is 1. The standard InChI is InChI=1S/C15H16N2/c16-15(17)14-10-8-13(9-11-14)7-6-12-4-2-1-3-5-12/h1-5,8-11H,6-7H2,(H3,16,17). The first-order valence-electron chi connectivity index (χ1n) is 5.73. The van der Waals surface area contributed by atoms with E-state index < -0.39 is 0 Å². The number of benzene rings is 2. The summed E-state index contributed by atoms with van der Waals surface area (Å²) in [5, 5.41) is 7.32. The third-order valence-electron chi connectivity index (χ3n) is 2.81. The Kier molecular flexibility index (Phi) is 3.55. The van der Waals surface area contributed by atoms with E-state index in [0.29, 0.717) is 0 Å². The molecule has 0 heterocycles. The van der Waals surface area contributed by atoms with Crippen LogP contribution in [0, 0.1) is 5.41 Å². The van der Waals surface area contributed by atoms with Crippen LogP contribution in [0.5, 0.6) is 0 Å². The van der Waals surface area contributed by atoms with E-state index in [1.54, 1.807) is 0 Å². The molecule has 0 amide bonds. The van der Waals surface area contributed by atoms with E-state index in [4.69, 9.17) is 11.1 Å². The van der Waals surface area contributed by atoms with Gasteiger partial charge in [0.05, 0.1) is 0 Å². The summed E-state index contributed by atoms with van der Waals surface area (Å²) in [5.74, 6) is 0.125. The molecule has 2 aromatic carbocycles. The van der Waals surface area contributed by atoms with Crippen LogP contribution in [0.3, 0.4) is 0 Å². The lowest BCUT2D eigenvalue weighted by Gasteiger charge is -2.03. The van der Waals surface area contributed by atoms with Gasteiger partial charge in [-0.25, -0.2) is 0 Å². The molecular weight excluding hydrogens is 208 g/mol. The molecule has 0 aliphatic carbocycles. The molecule has 2 heteroatoms. The second kappa shape index (κ2) is 5.30. The second-order valence-corrected chi connectivity index (χ2v) is 4.10. The lowest BCUT2D eigenvalue weighted by atomic mass is 10.0. The molecule has 0 radical (unpaired) electrons. The summed E-state index contributed by atoms with van der Waals surface area (Å²) in [7, 11) is 0. The average molecular weight is 224 g/mol. The van der Waals surface area contributed by atoms with E-state index >= 15 is 0 Å². The van der Waals surface area contributed by atoms with Crippen LogP contribution in [0.15, 0.2) is 54.6 Å². The third kappa shape index (κ3) is 3.18. The van der Waals surface area contributed by atoms with Crippen LogP contribution in [-0.2, 0) is 12.8 Å². The lowest BCUT2D eigenvalue weighted by molar-refractivity contribution is 0.960. The molecule has 86 valence electrons. The Labute approximate surface area is 102 Å². The molecule has 2 nitrogen and oxygen atoms in total. The molecule has 0 aromatic heterocycles. The molecule has 0 unspecified atom stereocenters. The Morgan fingerprint density at radius 3 is 1.88 bits per heavy atom. The average Bonchev–Trinajstić information content (AvgIpc) is 2.38. The van der Waals surface area contributed by atoms with Crippen molar-refractivity contribution in [2.45, 2.75) is 12.8 Å². The Balaban J connectivity index is 1.98. The predicted octanol–water partition coefficient (Wildman–Crippen LogP) is 2.76. The molecule has 17 heavy (non-hydrogen) atoms. The van der Waals surface area contributed by atoms with Crippen molar-refractivity contribution in [2.24, 2.45) is 5.73 Å². The van der Waals surface area contributed by atoms with Gasteiger partial charge in [0, 0.05) is 5.56 Å². The first-order valence-corrected chi connectivity index (χ1v) is 5.73. The second-order valence-electron chi connectivity index (χ2n) is 4.10. The monoisotopic (exact) mass is 224 g/mol. The van der Waals surface area contributed by atoms with Gasteiger partial charge in [-0.2, -0.15) is 0 Å². The van der Waals surface area contributed by atoms with Crippen LogP contribution >= 0.6 is 0 Å². The summed E-state index contributed by atoms with van der Waals surface area (Å²) < 4.78 is 0. The summed E-state index contributed by atoms with van der Waals surface area (Å²) >= 11 is 0. The molecular formula is C15H16N2. The zero-order chi connectivity index (χ0) is 12.1. The number of hydrogen-bond acceptors (Lipinski definition) is 1. The SMILES string of the molecule is N=C(N)c1ccc(CCc2ccccc2)cc1. The van der Waals surface area contributed by atoms with Crippen molar-refractivity contribution in [3.05, 3.63) is 71.3 Å². The summed E-state index contributed by atoms with van der Waals surface area (Å²) in [6.45, 7) is 0. The molecule has 0 spiro atoms. The number of nitrogens with one attached hydrogen (secondary N) is 1. The Morgan fingerprint density at radius 2 is 1.35 bits per heavy atom. The first kappa shape index (κ1) is 11.4. The fraction of sp³-hybridized carbons (Fsp3) is 0.133. The smallest absolute Gasteiger partial charge is 0.122 e. The van der Waals surface area contributed by atoms with Crippen molar-refractivity contribution < 1.29 is 0 Å². The van der Waals surface area contributed by atoms with E-state index in [1.807, 2.05) is 30.3 Å². The highest BCUT2D eigenvalue weighted by atomic mass is 14.7. The maximum atomic E-state index is 7.32. The van der Waals surface area contributed by atoms with E-state index in [9.17, 15) is 0 Å². The Bertz CT molecular complexity index is 486. The number of hydrogen-bond donors (Lipinski definition) is 2. The lowest BCUT2D eigenvalue weighted by Crippen LogP contribution is -2.10. The summed E-state index contributed by atoms with van der Waals surface area (Å²) in [6.07, 6.45) is 2.06. The van der Waals surface area contributed by atoms with Crippen LogP contribution in [-0.4, -0.2) is 5.84 Å². The highest BCUT2D eigenvalue weighted by Crippen LogP contribution is 2.08. The van der Waals surface area contributed by atoms with Crippen molar-refractivity contribution in [1.29, 1.82) is 5.41 Å². The van der Waals surface area contributed by atoms with E-state index in [-0.39, 0.29) is 5.84 Å². The van der Waals surface area contributed by atoms with E-state index in [1.165, 1.54) is 11.1 Å². The largest absolute Gasteiger partial charge is 0.384 e. The highest BCUT2D eigenvalue weighted by molar-refractivity contribution is 5.94. The van der Waals surface area contributed by atoms with Gasteiger partial charge < -0.3 is 5.73 Å². The molecule has 0 atom stereocenters. The van der Waals surface area contributed by atoms with Gasteiger partial charge in [-0.05, 0) is 24.0 Å². The zero-order valence-corrected chi connectivity index (χ0v) is 9.69. The summed E-state index contributed by atoms with van der Waals surface area (Å²) in [4.78, 5) is 0. The van der Waals surface area contributed by atoms with Crippen molar-refractivity contribution >= 4 is 5.84 Å². The maximum Gasteiger partial charge on any atom is 0.122 e. The number of aryl methyl sites for hydroxylation is 2. The van der Waals surface area contributed by atoms with Crippen LogP contribution in [0.1, 0.15) is 16.7 Å². The van der Waals surface area contributed by atoms with Crippen molar-refractivity contribution in [1.82, 2.24) is 0 Å². The fourth-order valence-electron chi connectivity index (χ4n) is 1.78. The molecule has 2 aromatic rings. The van der Waals surface area contributed by atoms with Crippen molar-refractivity contribution in [2.75, 3.05) is 0 Å². The van der Waals surface area contributed by atoms with E-state index in [0.717, 1.165) is 18.4 Å².